The zero-order valence-electron chi connectivity index (χ0n) is 17.0. The van der Waals surface area contributed by atoms with E-state index in [-0.39, 0.29) is 5.91 Å². The fraction of sp³-hybridized carbons (Fsp3) is 0.318. The summed E-state index contributed by atoms with van der Waals surface area (Å²) in [6, 6.07) is 10.7. The van der Waals surface area contributed by atoms with Gasteiger partial charge in [0.05, 0.1) is 25.3 Å². The number of rotatable bonds is 3. The van der Waals surface area contributed by atoms with Crippen molar-refractivity contribution in [3.05, 3.63) is 59.4 Å². The highest BCUT2D eigenvalue weighted by Gasteiger charge is 2.29. The molecule has 0 radical (unpaired) electrons. The fourth-order valence-electron chi connectivity index (χ4n) is 4.17. The second-order valence-corrected chi connectivity index (χ2v) is 7.84. The van der Waals surface area contributed by atoms with E-state index in [1.807, 2.05) is 24.4 Å². The third-order valence-corrected chi connectivity index (χ3v) is 5.69. The second kappa shape index (κ2) is 8.62. The molecule has 2 aliphatic heterocycles. The number of aromatic nitrogens is 2. The van der Waals surface area contributed by atoms with Crippen molar-refractivity contribution in [3.63, 3.8) is 0 Å². The molecule has 3 aromatic rings. The maximum Gasteiger partial charge on any atom is 0.430 e. The van der Waals surface area contributed by atoms with Crippen molar-refractivity contribution in [3.8, 4) is 0 Å². The van der Waals surface area contributed by atoms with Crippen molar-refractivity contribution in [2.24, 2.45) is 0 Å². The van der Waals surface area contributed by atoms with Gasteiger partial charge in [0.25, 0.3) is 5.91 Å². The SMILES string of the molecule is O=C([O-])C(F)(F)F.O=C1Nc2ccc(Cc3cnn(C4CC[NH2+]CC4)c3)c3cccc1c23. The Hall–Kier alpha value is -3.40. The van der Waals surface area contributed by atoms with Gasteiger partial charge in [0.1, 0.15) is 5.97 Å². The molecule has 10 heteroatoms. The van der Waals surface area contributed by atoms with E-state index in [9.17, 15) is 18.0 Å². The molecule has 1 fully saturated rings. The number of carbonyl (C=O) groups excluding carboxylic acids is 2. The first-order valence-electron chi connectivity index (χ1n) is 10.2. The summed E-state index contributed by atoms with van der Waals surface area (Å²) in [4.78, 5) is 20.9. The van der Waals surface area contributed by atoms with E-state index in [4.69, 9.17) is 9.90 Å². The first-order chi connectivity index (χ1) is 15.2. The molecule has 2 aliphatic rings. The topological polar surface area (TPSA) is 104 Å². The number of carboxylic acid groups (broad SMARTS) is 1. The van der Waals surface area contributed by atoms with Crippen LogP contribution < -0.4 is 15.7 Å². The summed E-state index contributed by atoms with van der Waals surface area (Å²) in [6.07, 6.45) is 2.21. The first kappa shape index (κ1) is 21.8. The summed E-state index contributed by atoms with van der Waals surface area (Å²) in [7, 11) is 0. The molecule has 1 aromatic heterocycles. The molecule has 7 nitrogen and oxygen atoms in total. The summed E-state index contributed by atoms with van der Waals surface area (Å²) in [5.74, 6) is -3.01. The molecule has 5 rings (SSSR count). The van der Waals surface area contributed by atoms with Gasteiger partial charge in [-0.25, -0.2) is 0 Å². The summed E-state index contributed by atoms with van der Waals surface area (Å²) >= 11 is 0. The van der Waals surface area contributed by atoms with Crippen molar-refractivity contribution in [1.29, 1.82) is 0 Å². The van der Waals surface area contributed by atoms with Gasteiger partial charge in [0, 0.05) is 42.1 Å². The maximum absolute atomic E-state index is 12.1. The third kappa shape index (κ3) is 4.45. The molecule has 1 amide bonds. The number of nitrogens with zero attached hydrogens (tertiary/aromatic N) is 2. The van der Waals surface area contributed by atoms with Gasteiger partial charge in [-0.2, -0.15) is 18.3 Å². The fourth-order valence-corrected chi connectivity index (χ4v) is 4.17. The summed E-state index contributed by atoms with van der Waals surface area (Å²) in [5, 5.41) is 20.9. The van der Waals surface area contributed by atoms with E-state index in [1.54, 1.807) is 0 Å². The number of aliphatic carboxylic acids is 1. The molecule has 0 unspecified atom stereocenters. The van der Waals surface area contributed by atoms with Gasteiger partial charge in [-0.15, -0.1) is 0 Å². The van der Waals surface area contributed by atoms with Crippen LogP contribution >= 0.6 is 0 Å². The molecule has 0 spiro atoms. The zero-order valence-corrected chi connectivity index (χ0v) is 17.0. The number of nitrogens with one attached hydrogen (secondary N) is 1. The largest absolute Gasteiger partial charge is 0.542 e. The number of benzene rings is 2. The van der Waals surface area contributed by atoms with E-state index in [2.05, 4.69) is 38.7 Å². The van der Waals surface area contributed by atoms with Gasteiger partial charge in [-0.05, 0) is 28.6 Å². The molecular weight excluding hydrogens is 425 g/mol. The summed E-state index contributed by atoms with van der Waals surface area (Å²) in [5.41, 5.74) is 4.18. The Bertz CT molecular complexity index is 1170. The summed E-state index contributed by atoms with van der Waals surface area (Å²) in [6.45, 7) is 2.38. The van der Waals surface area contributed by atoms with Crippen LogP contribution in [0.3, 0.4) is 0 Å². The van der Waals surface area contributed by atoms with E-state index in [1.165, 1.54) is 37.1 Å². The molecule has 0 atom stereocenters. The minimum Gasteiger partial charge on any atom is -0.542 e. The Morgan fingerprint density at radius 2 is 1.94 bits per heavy atom. The number of amides is 1. The predicted molar refractivity (Wildman–Crippen MR) is 108 cm³/mol. The van der Waals surface area contributed by atoms with Gasteiger partial charge in [-0.1, -0.05) is 18.2 Å². The molecule has 3 N–H and O–H groups in total. The highest BCUT2D eigenvalue weighted by Crippen LogP contribution is 2.35. The van der Waals surface area contributed by atoms with Gasteiger partial charge in [0.15, 0.2) is 0 Å². The molecule has 2 aromatic carbocycles. The van der Waals surface area contributed by atoms with Gasteiger partial charge >= 0.3 is 6.18 Å². The van der Waals surface area contributed by atoms with Gasteiger partial charge < -0.3 is 20.5 Å². The standard InChI is InChI=1S/C20H20N4O.C2HF3O2/c25-20-17-3-1-2-16-14(4-5-18(23-20)19(16)17)10-13-11-22-24(12-13)15-6-8-21-9-7-15;3-2(4,5)1(6)7/h1-5,11-12,15,21H,6-10H2,(H,23,25);(H,6,7). The molecule has 0 saturated carbocycles. The molecule has 168 valence electrons. The third-order valence-electron chi connectivity index (χ3n) is 5.69. The van der Waals surface area contributed by atoms with Gasteiger partial charge in [-0.3, -0.25) is 9.48 Å². The van der Waals surface area contributed by atoms with E-state index >= 15 is 0 Å². The van der Waals surface area contributed by atoms with Crippen LogP contribution in [0.4, 0.5) is 18.9 Å². The van der Waals surface area contributed by atoms with Crippen molar-refractivity contribution >= 4 is 28.3 Å². The van der Waals surface area contributed by atoms with Crippen LogP contribution in [-0.4, -0.2) is 40.9 Å². The lowest BCUT2D eigenvalue weighted by Crippen LogP contribution is -2.86. The Morgan fingerprint density at radius 1 is 1.22 bits per heavy atom. The number of piperidine rings is 1. The number of halogens is 3. The minimum absolute atomic E-state index is 0.000303. The highest BCUT2D eigenvalue weighted by atomic mass is 19.4. The van der Waals surface area contributed by atoms with Crippen molar-refractivity contribution < 1.29 is 33.2 Å². The molecule has 3 heterocycles. The Morgan fingerprint density at radius 3 is 2.62 bits per heavy atom. The molecule has 32 heavy (non-hydrogen) atoms. The average molecular weight is 446 g/mol. The Balaban J connectivity index is 0.000000307. The minimum atomic E-state index is -5.19. The number of carbonyl (C=O) groups is 2. The van der Waals surface area contributed by atoms with E-state index in [0.717, 1.165) is 28.4 Å². The quantitative estimate of drug-likeness (QED) is 0.635. The van der Waals surface area contributed by atoms with Crippen LogP contribution in [0.15, 0.2) is 42.7 Å². The van der Waals surface area contributed by atoms with Crippen molar-refractivity contribution in [1.82, 2.24) is 9.78 Å². The Kier molecular flexibility index (Phi) is 5.88. The number of anilines is 1. The normalized spacial score (nSPS) is 15.9. The average Bonchev–Trinajstić information content (AvgIpc) is 3.36. The van der Waals surface area contributed by atoms with Gasteiger partial charge in [0.2, 0.25) is 0 Å². The number of nitrogens with two attached hydrogens (primary N) is 1. The number of carboxylic acids is 1. The first-order valence-corrected chi connectivity index (χ1v) is 10.2. The van der Waals surface area contributed by atoms with Crippen LogP contribution in [0.1, 0.15) is 40.4 Å². The maximum atomic E-state index is 12.1. The summed E-state index contributed by atoms with van der Waals surface area (Å²) < 4.78 is 33.7. The van der Waals surface area contributed by atoms with E-state index < -0.39 is 12.1 Å². The van der Waals surface area contributed by atoms with Crippen molar-refractivity contribution in [2.75, 3.05) is 18.4 Å². The number of hydrogen-bond acceptors (Lipinski definition) is 4. The lowest BCUT2D eigenvalue weighted by Gasteiger charge is -2.20. The smallest absolute Gasteiger partial charge is 0.430 e. The monoisotopic (exact) mass is 446 g/mol. The highest BCUT2D eigenvalue weighted by molar-refractivity contribution is 6.24. The lowest BCUT2D eigenvalue weighted by molar-refractivity contribution is -0.664. The molecular formula is C22H21F3N4O3. The Labute approximate surface area is 181 Å². The van der Waals surface area contributed by atoms with Crippen LogP contribution in [-0.2, 0) is 11.2 Å². The molecule has 0 aliphatic carbocycles. The molecule has 1 saturated heterocycles. The van der Waals surface area contributed by atoms with Crippen LogP contribution in [0.25, 0.3) is 10.8 Å². The predicted octanol–water partition coefficient (Wildman–Crippen LogP) is 1.39. The second-order valence-electron chi connectivity index (χ2n) is 7.84. The van der Waals surface area contributed by atoms with E-state index in [0.29, 0.717) is 6.04 Å². The molecule has 0 bridgehead atoms. The van der Waals surface area contributed by atoms with Crippen molar-refractivity contribution in [2.45, 2.75) is 31.5 Å². The number of hydrogen-bond donors (Lipinski definition) is 2. The number of quaternary nitrogens is 1. The van der Waals surface area contributed by atoms with Crippen LogP contribution in [0, 0.1) is 0 Å². The number of alkyl halides is 3. The van der Waals surface area contributed by atoms with Crippen LogP contribution in [0.2, 0.25) is 0 Å². The lowest BCUT2D eigenvalue weighted by atomic mass is 9.97. The van der Waals surface area contributed by atoms with Crippen LogP contribution in [0.5, 0.6) is 0 Å². The zero-order chi connectivity index (χ0) is 22.9.